The average Bonchev–Trinajstić information content (AvgIpc) is 3.19. The fraction of sp³-hybridized carbons (Fsp3) is 0.263. The number of hydrogen-bond donors (Lipinski definition) is 0. The summed E-state index contributed by atoms with van der Waals surface area (Å²) in [5.74, 6) is 3.18. The first-order valence-corrected chi connectivity index (χ1v) is 8.85. The molecule has 5 nitrogen and oxygen atoms in total. The van der Waals surface area contributed by atoms with Crippen LogP contribution >= 0.6 is 24.4 Å². The lowest BCUT2D eigenvalue weighted by Crippen LogP contribution is -2.34. The smallest absolute Gasteiger partial charge is 0.270 e. The van der Waals surface area contributed by atoms with Crippen LogP contribution in [0.2, 0.25) is 0 Å². The first kappa shape index (κ1) is 18.4. The van der Waals surface area contributed by atoms with Gasteiger partial charge in [-0.05, 0) is 50.3 Å². The lowest BCUT2D eigenvalue weighted by molar-refractivity contribution is 0.394. The molecule has 2 aromatic rings. The molecule has 0 N–H and O–H groups in total. The number of furan rings is 1. The monoisotopic (exact) mass is 389 g/mol. The fourth-order valence-electron chi connectivity index (χ4n) is 2.63. The second kappa shape index (κ2) is 7.47. The van der Waals surface area contributed by atoms with Gasteiger partial charge in [-0.3, -0.25) is 4.90 Å². The molecule has 0 bridgehead atoms. The minimum absolute atomic E-state index is 0.136. The number of ether oxygens (including phenoxy) is 3. The van der Waals surface area contributed by atoms with Gasteiger partial charge in [0.2, 0.25) is 0 Å². The standard InChI is InChI=1S/C19H19NO4S2/c1-11(2)20-18(25)17(24-19(20)26)10-13-6-8-15(23-13)14-7-5-12(21-3)9-16(14)22-4/h5-11H,1-4H3. The van der Waals surface area contributed by atoms with Gasteiger partial charge < -0.3 is 18.6 Å². The first-order valence-electron chi connectivity index (χ1n) is 8.04. The molecule has 3 rings (SSSR count). The van der Waals surface area contributed by atoms with Crippen LogP contribution in [-0.4, -0.2) is 35.3 Å². The Labute approximate surface area is 163 Å². The van der Waals surface area contributed by atoms with E-state index >= 15 is 0 Å². The van der Waals surface area contributed by atoms with Crippen molar-refractivity contribution < 1.29 is 18.6 Å². The lowest BCUT2D eigenvalue weighted by atomic mass is 10.1. The number of nitrogens with zero attached hydrogens (tertiary/aromatic N) is 1. The van der Waals surface area contributed by atoms with Gasteiger partial charge in [0.15, 0.2) is 10.7 Å². The van der Waals surface area contributed by atoms with E-state index in [2.05, 4.69) is 0 Å². The first-order chi connectivity index (χ1) is 12.4. The Bertz CT molecular complexity index is 885. The van der Waals surface area contributed by atoms with E-state index in [1.54, 1.807) is 25.2 Å². The zero-order valence-electron chi connectivity index (χ0n) is 14.9. The fourth-order valence-corrected chi connectivity index (χ4v) is 3.48. The van der Waals surface area contributed by atoms with Crippen molar-refractivity contribution in [1.29, 1.82) is 0 Å². The van der Waals surface area contributed by atoms with Gasteiger partial charge in [0.1, 0.15) is 23.0 Å². The molecule has 136 valence electrons. The van der Waals surface area contributed by atoms with Gasteiger partial charge in [-0.15, -0.1) is 0 Å². The molecule has 1 aromatic heterocycles. The molecule has 2 heterocycles. The Balaban J connectivity index is 1.90. The maximum atomic E-state index is 5.93. The van der Waals surface area contributed by atoms with E-state index in [1.165, 1.54) is 0 Å². The molecule has 0 atom stereocenters. The predicted molar refractivity (Wildman–Crippen MR) is 108 cm³/mol. The number of thiocarbonyl (C=S) groups is 2. The van der Waals surface area contributed by atoms with Gasteiger partial charge >= 0.3 is 0 Å². The summed E-state index contributed by atoms with van der Waals surface area (Å²) in [6.07, 6.45) is 1.75. The van der Waals surface area contributed by atoms with Gasteiger partial charge in [0, 0.05) is 18.2 Å². The van der Waals surface area contributed by atoms with E-state index in [0.717, 1.165) is 5.56 Å². The Morgan fingerprint density at radius 1 is 1.08 bits per heavy atom. The number of hydrogen-bond acceptors (Lipinski definition) is 6. The summed E-state index contributed by atoms with van der Waals surface area (Å²) in [6, 6.07) is 9.40. The summed E-state index contributed by atoms with van der Waals surface area (Å²) < 4.78 is 22.2. The minimum atomic E-state index is 0.136. The maximum Gasteiger partial charge on any atom is 0.270 e. The zero-order valence-corrected chi connectivity index (χ0v) is 16.6. The van der Waals surface area contributed by atoms with Crippen molar-refractivity contribution in [1.82, 2.24) is 4.90 Å². The number of rotatable bonds is 5. The molecule has 1 aliphatic heterocycles. The van der Waals surface area contributed by atoms with Crippen molar-refractivity contribution in [3.05, 3.63) is 41.9 Å². The van der Waals surface area contributed by atoms with E-state index in [4.69, 9.17) is 43.1 Å². The highest BCUT2D eigenvalue weighted by molar-refractivity contribution is 7.82. The van der Waals surface area contributed by atoms with Gasteiger partial charge in [0.05, 0.1) is 19.8 Å². The third-order valence-electron chi connectivity index (χ3n) is 3.91. The van der Waals surface area contributed by atoms with Crippen LogP contribution in [-0.2, 0) is 4.74 Å². The molecule has 0 aliphatic carbocycles. The normalized spacial score (nSPS) is 15.7. The summed E-state index contributed by atoms with van der Waals surface area (Å²) in [7, 11) is 3.22. The van der Waals surface area contributed by atoms with Crippen molar-refractivity contribution in [2.24, 2.45) is 0 Å². The SMILES string of the molecule is COc1ccc(-c2ccc(C=C3OC(=S)N(C(C)C)C3=S)o2)c(OC)c1. The molecule has 1 fully saturated rings. The summed E-state index contributed by atoms with van der Waals surface area (Å²) >= 11 is 10.7. The van der Waals surface area contributed by atoms with Crippen molar-refractivity contribution in [3.63, 3.8) is 0 Å². The molecular weight excluding hydrogens is 370 g/mol. The van der Waals surface area contributed by atoms with Crippen LogP contribution in [0.25, 0.3) is 17.4 Å². The van der Waals surface area contributed by atoms with Crippen LogP contribution in [0, 0.1) is 0 Å². The van der Waals surface area contributed by atoms with Crippen molar-refractivity contribution in [3.8, 4) is 22.8 Å². The molecule has 0 unspecified atom stereocenters. The number of benzene rings is 1. The topological polar surface area (TPSA) is 44.1 Å². The van der Waals surface area contributed by atoms with Crippen LogP contribution in [0.5, 0.6) is 11.5 Å². The summed E-state index contributed by atoms with van der Waals surface area (Å²) in [4.78, 5) is 2.36. The van der Waals surface area contributed by atoms with Gasteiger partial charge in [-0.25, -0.2) is 0 Å². The van der Waals surface area contributed by atoms with Crippen LogP contribution in [0.1, 0.15) is 19.6 Å². The predicted octanol–water partition coefficient (Wildman–Crippen LogP) is 4.66. The Morgan fingerprint density at radius 2 is 1.85 bits per heavy atom. The van der Waals surface area contributed by atoms with Crippen LogP contribution in [0.3, 0.4) is 0 Å². The molecule has 0 spiro atoms. The third-order valence-corrected chi connectivity index (χ3v) is 4.59. The summed E-state index contributed by atoms with van der Waals surface area (Å²) in [5.41, 5.74) is 0.826. The van der Waals surface area contributed by atoms with Gasteiger partial charge in [-0.2, -0.15) is 0 Å². The molecule has 0 saturated carbocycles. The van der Waals surface area contributed by atoms with Crippen molar-refractivity contribution >= 4 is 40.7 Å². The third kappa shape index (κ3) is 3.45. The molecule has 1 aromatic carbocycles. The summed E-state index contributed by atoms with van der Waals surface area (Å²) in [6.45, 7) is 4.01. The second-order valence-corrected chi connectivity index (χ2v) is 6.65. The van der Waals surface area contributed by atoms with Crippen LogP contribution in [0.15, 0.2) is 40.5 Å². The van der Waals surface area contributed by atoms with Crippen molar-refractivity contribution in [2.75, 3.05) is 14.2 Å². The lowest BCUT2D eigenvalue weighted by Gasteiger charge is -2.18. The Hall–Kier alpha value is -2.38. The molecule has 0 amide bonds. The zero-order chi connectivity index (χ0) is 18.8. The molecule has 0 radical (unpaired) electrons. The van der Waals surface area contributed by atoms with E-state index in [-0.39, 0.29) is 6.04 Å². The van der Waals surface area contributed by atoms with Gasteiger partial charge in [-0.1, -0.05) is 12.2 Å². The highest BCUT2D eigenvalue weighted by Gasteiger charge is 2.31. The molecule has 1 aliphatic rings. The van der Waals surface area contributed by atoms with Crippen LogP contribution in [0.4, 0.5) is 0 Å². The Morgan fingerprint density at radius 3 is 2.46 bits per heavy atom. The number of methoxy groups -OCH3 is 2. The molecule has 7 heteroatoms. The largest absolute Gasteiger partial charge is 0.497 e. The molecular formula is C19H19NO4S2. The van der Waals surface area contributed by atoms with E-state index in [9.17, 15) is 0 Å². The molecule has 1 saturated heterocycles. The minimum Gasteiger partial charge on any atom is -0.497 e. The highest BCUT2D eigenvalue weighted by Crippen LogP contribution is 2.35. The van der Waals surface area contributed by atoms with E-state index < -0.39 is 0 Å². The van der Waals surface area contributed by atoms with E-state index in [0.29, 0.717) is 38.9 Å². The average molecular weight is 389 g/mol. The second-order valence-electron chi connectivity index (χ2n) is 5.91. The quantitative estimate of drug-likeness (QED) is 0.544. The highest BCUT2D eigenvalue weighted by atomic mass is 32.1. The van der Waals surface area contributed by atoms with Crippen LogP contribution < -0.4 is 9.47 Å². The maximum absolute atomic E-state index is 5.93. The summed E-state index contributed by atoms with van der Waals surface area (Å²) in [5, 5.41) is 0.361. The van der Waals surface area contributed by atoms with Gasteiger partial charge in [0.25, 0.3) is 5.17 Å². The van der Waals surface area contributed by atoms with Crippen molar-refractivity contribution in [2.45, 2.75) is 19.9 Å². The Kier molecular flexibility index (Phi) is 5.29. The molecule has 26 heavy (non-hydrogen) atoms. The van der Waals surface area contributed by atoms with E-state index in [1.807, 2.05) is 44.2 Å².